The molecule has 0 saturated heterocycles. The lowest BCUT2D eigenvalue weighted by molar-refractivity contribution is 0.421. The van der Waals surface area contributed by atoms with E-state index >= 15 is 0 Å². The maximum Gasteiger partial charge on any atom is 0.147 e. The molecule has 0 bridgehead atoms. The number of hydrogen-bond donors (Lipinski definition) is 0. The fourth-order valence-electron chi connectivity index (χ4n) is 2.88. The minimum Gasteiger partial charge on any atom is -0.348 e. The number of rotatable bonds is 12. The molecule has 0 aliphatic heterocycles. The molecule has 4 heteroatoms. The zero-order valence-corrected chi connectivity index (χ0v) is 18.8. The van der Waals surface area contributed by atoms with E-state index in [1.54, 1.807) is 10.8 Å². The van der Waals surface area contributed by atoms with Crippen molar-refractivity contribution in [2.24, 2.45) is 0 Å². The molecular weight excluding hydrogens is 386 g/mol. The summed E-state index contributed by atoms with van der Waals surface area (Å²) < 4.78 is 0.985. The van der Waals surface area contributed by atoms with Gasteiger partial charge in [0.1, 0.15) is 4.32 Å². The van der Waals surface area contributed by atoms with E-state index in [0.717, 1.165) is 17.4 Å². The molecule has 2 rings (SSSR count). The van der Waals surface area contributed by atoms with Crippen molar-refractivity contribution in [2.75, 3.05) is 5.75 Å². The third-order valence-electron chi connectivity index (χ3n) is 4.40. The second kappa shape index (κ2) is 14.1. The Morgan fingerprint density at radius 3 is 1.85 bits per heavy atom. The molecule has 0 aromatic heterocycles. The minimum atomic E-state index is 0.860. The average Bonchev–Trinajstić information content (AvgIpc) is 2.71. The van der Waals surface area contributed by atoms with Crippen molar-refractivity contribution in [2.45, 2.75) is 58.5 Å². The fourth-order valence-corrected chi connectivity index (χ4v) is 5.40. The zero-order chi connectivity index (χ0) is 19.2. The Morgan fingerprint density at radius 1 is 0.778 bits per heavy atom. The van der Waals surface area contributed by atoms with Gasteiger partial charge >= 0.3 is 0 Å². The summed E-state index contributed by atoms with van der Waals surface area (Å²) in [5.74, 6) is 1.18. The summed E-state index contributed by atoms with van der Waals surface area (Å²) >= 11 is 5.78. The van der Waals surface area contributed by atoms with E-state index in [1.165, 1.54) is 55.4 Å². The fraction of sp³-hybridized carbons (Fsp3) is 0.435. The molecule has 0 N–H and O–H groups in total. The van der Waals surface area contributed by atoms with Crippen LogP contribution in [0.2, 0.25) is 0 Å². The van der Waals surface area contributed by atoms with Crippen LogP contribution in [0, 0.1) is 0 Å². The van der Waals surface area contributed by atoms with Crippen LogP contribution in [0.25, 0.3) is 0 Å². The number of unbranched alkanes of at least 4 members (excludes halogenated alkanes) is 5. The van der Waals surface area contributed by atoms with E-state index < -0.39 is 0 Å². The van der Waals surface area contributed by atoms with E-state index in [4.69, 9.17) is 12.2 Å². The lowest BCUT2D eigenvalue weighted by atomic mass is 10.1. The van der Waals surface area contributed by atoms with Gasteiger partial charge in [0.15, 0.2) is 0 Å². The molecule has 0 saturated carbocycles. The molecule has 27 heavy (non-hydrogen) atoms. The SMILES string of the molecule is CCCCCCCCSSC(=S)N(Cc1ccccc1)Cc1ccccc1. The Balaban J connectivity index is 1.80. The molecule has 0 spiro atoms. The first-order chi connectivity index (χ1) is 13.3. The molecule has 0 aliphatic rings. The molecule has 1 nitrogen and oxygen atoms in total. The standard InChI is InChI=1S/C23H31NS3/c1-2-3-4-5-6-13-18-26-27-23(25)24(19-21-14-9-7-10-15-21)20-22-16-11-8-12-17-22/h7-12,14-17H,2-6,13,18-20H2,1H3. The predicted octanol–water partition coefficient (Wildman–Crippen LogP) is 7.72. The Hall–Kier alpha value is -0.970. The van der Waals surface area contributed by atoms with Gasteiger partial charge in [-0.2, -0.15) is 0 Å². The highest BCUT2D eigenvalue weighted by Crippen LogP contribution is 2.28. The Morgan fingerprint density at radius 2 is 1.30 bits per heavy atom. The second-order valence-corrected chi connectivity index (χ2v) is 9.82. The molecule has 146 valence electrons. The maximum absolute atomic E-state index is 5.78. The second-order valence-electron chi connectivity index (χ2n) is 6.77. The van der Waals surface area contributed by atoms with Crippen molar-refractivity contribution in [3.8, 4) is 0 Å². The van der Waals surface area contributed by atoms with Crippen LogP contribution < -0.4 is 0 Å². The van der Waals surface area contributed by atoms with E-state index in [1.807, 2.05) is 10.8 Å². The quantitative estimate of drug-likeness (QED) is 0.197. The van der Waals surface area contributed by atoms with Crippen LogP contribution in [0.5, 0.6) is 0 Å². The summed E-state index contributed by atoms with van der Waals surface area (Å²) in [6, 6.07) is 21.2. The van der Waals surface area contributed by atoms with Gasteiger partial charge in [0, 0.05) is 18.8 Å². The van der Waals surface area contributed by atoms with Crippen molar-refractivity contribution >= 4 is 38.1 Å². The van der Waals surface area contributed by atoms with Crippen LogP contribution in [0.1, 0.15) is 56.6 Å². The van der Waals surface area contributed by atoms with Crippen molar-refractivity contribution in [3.63, 3.8) is 0 Å². The smallest absolute Gasteiger partial charge is 0.147 e. The first-order valence-corrected chi connectivity index (χ1v) is 12.7. The highest BCUT2D eigenvalue weighted by Gasteiger charge is 2.12. The summed E-state index contributed by atoms with van der Waals surface area (Å²) in [4.78, 5) is 2.32. The summed E-state index contributed by atoms with van der Waals surface area (Å²) in [6.07, 6.45) is 8.09. The predicted molar refractivity (Wildman–Crippen MR) is 128 cm³/mol. The number of benzene rings is 2. The van der Waals surface area contributed by atoms with Crippen LogP contribution >= 0.6 is 33.8 Å². The summed E-state index contributed by atoms with van der Waals surface area (Å²) in [7, 11) is 3.67. The largest absolute Gasteiger partial charge is 0.348 e. The molecule has 0 fully saturated rings. The van der Waals surface area contributed by atoms with Crippen LogP contribution in [0.15, 0.2) is 60.7 Å². The minimum absolute atomic E-state index is 0.860. The maximum atomic E-state index is 5.78. The lowest BCUT2D eigenvalue weighted by Gasteiger charge is -2.25. The molecule has 2 aromatic rings. The summed E-state index contributed by atoms with van der Waals surface area (Å²) in [5, 5.41) is 0. The van der Waals surface area contributed by atoms with Crippen LogP contribution in [-0.4, -0.2) is 15.0 Å². The van der Waals surface area contributed by atoms with E-state index in [-0.39, 0.29) is 0 Å². The zero-order valence-electron chi connectivity index (χ0n) is 16.3. The number of nitrogens with zero attached hydrogens (tertiary/aromatic N) is 1. The molecular formula is C23H31NS3. The van der Waals surface area contributed by atoms with Crippen molar-refractivity contribution in [1.82, 2.24) is 4.90 Å². The van der Waals surface area contributed by atoms with Crippen LogP contribution in [0.4, 0.5) is 0 Å². The molecule has 0 aliphatic carbocycles. The molecule has 0 unspecified atom stereocenters. The summed E-state index contributed by atoms with van der Waals surface area (Å²) in [5.41, 5.74) is 2.61. The van der Waals surface area contributed by atoms with E-state index in [2.05, 4.69) is 72.5 Å². The Kier molecular flexibility index (Phi) is 11.6. The molecule has 0 amide bonds. The molecule has 0 radical (unpaired) electrons. The highest BCUT2D eigenvalue weighted by atomic mass is 33.1. The van der Waals surface area contributed by atoms with E-state index in [9.17, 15) is 0 Å². The van der Waals surface area contributed by atoms with Gasteiger partial charge in [0.25, 0.3) is 0 Å². The Bertz CT molecular complexity index is 589. The topological polar surface area (TPSA) is 3.24 Å². The normalized spacial score (nSPS) is 10.7. The number of hydrogen-bond acceptors (Lipinski definition) is 3. The Labute approximate surface area is 178 Å². The summed E-state index contributed by atoms with van der Waals surface area (Å²) in [6.45, 7) is 3.99. The van der Waals surface area contributed by atoms with Crippen LogP contribution in [-0.2, 0) is 13.1 Å². The first-order valence-electron chi connectivity index (χ1n) is 9.96. The van der Waals surface area contributed by atoms with Gasteiger partial charge in [-0.3, -0.25) is 0 Å². The third-order valence-corrected chi connectivity index (χ3v) is 7.53. The monoisotopic (exact) mass is 417 g/mol. The molecule has 0 atom stereocenters. The van der Waals surface area contributed by atoms with Gasteiger partial charge in [-0.25, -0.2) is 0 Å². The van der Waals surface area contributed by atoms with Gasteiger partial charge in [0.2, 0.25) is 0 Å². The average molecular weight is 418 g/mol. The lowest BCUT2D eigenvalue weighted by Crippen LogP contribution is -2.26. The van der Waals surface area contributed by atoms with Crippen molar-refractivity contribution in [1.29, 1.82) is 0 Å². The van der Waals surface area contributed by atoms with Crippen molar-refractivity contribution in [3.05, 3.63) is 71.8 Å². The molecule has 2 aromatic carbocycles. The number of thiocarbonyl (C=S) groups is 1. The first kappa shape index (κ1) is 22.3. The highest BCUT2D eigenvalue weighted by molar-refractivity contribution is 8.83. The van der Waals surface area contributed by atoms with Gasteiger partial charge < -0.3 is 4.90 Å². The third kappa shape index (κ3) is 9.68. The van der Waals surface area contributed by atoms with E-state index in [0.29, 0.717) is 0 Å². The van der Waals surface area contributed by atoms with Gasteiger partial charge in [-0.15, -0.1) is 0 Å². The van der Waals surface area contributed by atoms with Crippen LogP contribution in [0.3, 0.4) is 0 Å². The van der Waals surface area contributed by atoms with Gasteiger partial charge in [-0.05, 0) is 28.3 Å². The van der Waals surface area contributed by atoms with Crippen molar-refractivity contribution < 1.29 is 0 Å². The van der Waals surface area contributed by atoms with Gasteiger partial charge in [0.05, 0.1) is 0 Å². The molecule has 0 heterocycles. The van der Waals surface area contributed by atoms with Gasteiger partial charge in [-0.1, -0.05) is 123 Å².